The van der Waals surface area contributed by atoms with Gasteiger partial charge in [-0.1, -0.05) is 10.8 Å². The number of primary amides is 1. The molecular weight excluding hydrogens is 626 g/mol. The first kappa shape index (κ1) is 32.3. The number of benzene rings is 2. The minimum absolute atomic E-state index is 0.0250. The summed E-state index contributed by atoms with van der Waals surface area (Å²) in [4.78, 5) is 71.1. The van der Waals surface area contributed by atoms with Gasteiger partial charge in [-0.25, -0.2) is 0 Å². The maximum Gasteiger partial charge on any atom is 0.278 e. The second-order valence-electron chi connectivity index (χ2n) is 13.3. The third-order valence-electron chi connectivity index (χ3n) is 10.3. The number of hydrogen-bond donors (Lipinski definition) is 2. The fourth-order valence-electron chi connectivity index (χ4n) is 7.35. The molecule has 0 saturated carbocycles. The monoisotopic (exact) mass is 667 g/mol. The lowest BCUT2D eigenvalue weighted by Crippen LogP contribution is -2.46. The highest BCUT2D eigenvalue weighted by Gasteiger charge is 2.32. The van der Waals surface area contributed by atoms with Crippen LogP contribution in [0.1, 0.15) is 54.9 Å². The van der Waals surface area contributed by atoms with Crippen LogP contribution in [0.15, 0.2) is 59.0 Å². The molecule has 1 unspecified atom stereocenters. The first-order valence-corrected chi connectivity index (χ1v) is 17.1. The fourth-order valence-corrected chi connectivity index (χ4v) is 7.35. The van der Waals surface area contributed by atoms with Crippen molar-refractivity contribution in [2.45, 2.75) is 44.6 Å². The third-order valence-corrected chi connectivity index (χ3v) is 10.3. The van der Waals surface area contributed by atoms with Crippen molar-refractivity contribution in [3.8, 4) is 0 Å². The number of carbonyl (C=O) groups is 4. The molecule has 4 amide bonds. The molecule has 4 fully saturated rings. The molecule has 1 aromatic heterocycles. The van der Waals surface area contributed by atoms with E-state index in [4.69, 9.17) is 5.73 Å². The van der Waals surface area contributed by atoms with Gasteiger partial charge in [0.05, 0.1) is 5.39 Å². The molecule has 0 bridgehead atoms. The Hall–Kier alpha value is -5.27. The van der Waals surface area contributed by atoms with Gasteiger partial charge >= 0.3 is 0 Å². The zero-order chi connectivity index (χ0) is 34.1. The molecule has 256 valence electrons. The molecule has 0 aliphatic carbocycles. The van der Waals surface area contributed by atoms with Crippen molar-refractivity contribution >= 4 is 45.9 Å². The van der Waals surface area contributed by atoms with Gasteiger partial charge in [-0.15, -0.1) is 5.10 Å². The van der Waals surface area contributed by atoms with Crippen molar-refractivity contribution in [2.24, 2.45) is 11.7 Å². The van der Waals surface area contributed by atoms with Crippen LogP contribution >= 0.6 is 0 Å². The van der Waals surface area contributed by atoms with Crippen molar-refractivity contribution in [3.63, 3.8) is 0 Å². The van der Waals surface area contributed by atoms with E-state index in [9.17, 15) is 24.0 Å². The number of nitrogens with one attached hydrogen (secondary N) is 1. The zero-order valence-electron chi connectivity index (χ0n) is 27.4. The number of nitrogens with two attached hydrogens (primary N) is 1. The minimum atomic E-state index is -0.869. The summed E-state index contributed by atoms with van der Waals surface area (Å²) >= 11 is 0. The highest BCUT2D eigenvalue weighted by molar-refractivity contribution is 5.99. The number of anilines is 2. The molecule has 14 nitrogen and oxygen atoms in total. The largest absolute Gasteiger partial charge is 0.374 e. The number of carbonyl (C=O) groups excluding carboxylic acids is 4. The Kier molecular flexibility index (Phi) is 9.02. The fraction of sp³-hybridized carbons (Fsp3) is 0.457. The Bertz CT molecular complexity index is 1850. The molecule has 14 heteroatoms. The standard InChI is InChI=1S/C35H41N9O5/c36-32(46)24-1-3-26(4-2-24)42-19-17-40(18-20-42)22-23-9-13-43(14-10-23)34(48)25-11-15-41(16-12-25)27-5-6-29-28(21-27)35(49)44(39-38-29)30-7-8-31(45)37-33(30)47/h1-6,21-22,25,30H,7-20H2,(H2,36,46)(H,37,45,47). The molecule has 2 aromatic carbocycles. The van der Waals surface area contributed by atoms with Crippen LogP contribution in [-0.2, 0) is 14.4 Å². The van der Waals surface area contributed by atoms with Crippen LogP contribution in [-0.4, -0.2) is 101 Å². The summed E-state index contributed by atoms with van der Waals surface area (Å²) in [6.45, 7) is 6.51. The summed E-state index contributed by atoms with van der Waals surface area (Å²) in [5.74, 6) is -1.11. The van der Waals surface area contributed by atoms with Crippen molar-refractivity contribution < 1.29 is 19.2 Å². The molecule has 4 aliphatic heterocycles. The van der Waals surface area contributed by atoms with E-state index < -0.39 is 23.4 Å². The highest BCUT2D eigenvalue weighted by Crippen LogP contribution is 2.28. The van der Waals surface area contributed by atoms with E-state index in [0.717, 1.165) is 81.0 Å². The quantitative estimate of drug-likeness (QED) is 0.367. The van der Waals surface area contributed by atoms with Crippen LogP contribution in [0.4, 0.5) is 11.4 Å². The summed E-state index contributed by atoms with van der Waals surface area (Å²) in [7, 11) is 0. The average molecular weight is 668 g/mol. The van der Waals surface area contributed by atoms with Crippen molar-refractivity contribution in [2.75, 3.05) is 62.2 Å². The second-order valence-corrected chi connectivity index (χ2v) is 13.3. The molecule has 3 N–H and O–H groups in total. The maximum absolute atomic E-state index is 13.5. The maximum atomic E-state index is 13.5. The number of nitrogens with zero attached hydrogens (tertiary/aromatic N) is 7. The normalized spacial score (nSPS) is 20.8. The molecule has 3 aromatic rings. The summed E-state index contributed by atoms with van der Waals surface area (Å²) in [5, 5.41) is 10.8. The number of aromatic nitrogens is 3. The predicted molar refractivity (Wildman–Crippen MR) is 183 cm³/mol. The van der Waals surface area contributed by atoms with Gasteiger partial charge in [0.1, 0.15) is 11.6 Å². The van der Waals surface area contributed by atoms with E-state index in [1.165, 1.54) is 5.57 Å². The van der Waals surface area contributed by atoms with Crippen molar-refractivity contribution in [1.29, 1.82) is 0 Å². The molecule has 7 rings (SSSR count). The molecule has 5 heterocycles. The van der Waals surface area contributed by atoms with Crippen LogP contribution in [0.2, 0.25) is 0 Å². The van der Waals surface area contributed by atoms with Gasteiger partial charge in [0.2, 0.25) is 17.7 Å². The van der Waals surface area contributed by atoms with E-state index in [1.807, 2.05) is 23.1 Å². The topological polar surface area (TPSA) is 167 Å². The number of hydrogen-bond acceptors (Lipinski definition) is 10. The number of imide groups is 1. The first-order chi connectivity index (χ1) is 23.7. The summed E-state index contributed by atoms with van der Waals surface area (Å²) in [6.07, 6.45) is 5.88. The van der Waals surface area contributed by atoms with Crippen molar-refractivity contribution in [3.05, 3.63) is 70.2 Å². The smallest absolute Gasteiger partial charge is 0.278 e. The highest BCUT2D eigenvalue weighted by atomic mass is 16.2. The zero-order valence-corrected chi connectivity index (χ0v) is 27.4. The van der Waals surface area contributed by atoms with E-state index >= 15 is 0 Å². The number of amides is 4. The van der Waals surface area contributed by atoms with E-state index in [0.29, 0.717) is 29.6 Å². The van der Waals surface area contributed by atoms with Crippen LogP contribution in [0.3, 0.4) is 0 Å². The van der Waals surface area contributed by atoms with Crippen molar-refractivity contribution in [1.82, 2.24) is 30.1 Å². The van der Waals surface area contributed by atoms with Gasteiger partial charge in [0, 0.05) is 81.6 Å². The van der Waals surface area contributed by atoms with Crippen LogP contribution in [0.25, 0.3) is 10.9 Å². The van der Waals surface area contributed by atoms with Gasteiger partial charge in [0.15, 0.2) is 0 Å². The molecule has 4 aliphatic rings. The lowest BCUT2D eigenvalue weighted by Gasteiger charge is -2.38. The molecule has 0 radical (unpaired) electrons. The molecule has 0 spiro atoms. The number of fused-ring (bicyclic) bond motifs is 1. The number of piperidine rings is 3. The Balaban J connectivity index is 0.896. The second kappa shape index (κ2) is 13.7. The minimum Gasteiger partial charge on any atom is -0.374 e. The first-order valence-electron chi connectivity index (χ1n) is 17.1. The third kappa shape index (κ3) is 6.85. The Labute approximate surface area is 283 Å². The number of likely N-dealkylation sites (tertiary alicyclic amines) is 1. The Morgan fingerprint density at radius 2 is 1.47 bits per heavy atom. The van der Waals surface area contributed by atoms with Crippen LogP contribution < -0.4 is 26.4 Å². The number of rotatable bonds is 6. The SMILES string of the molecule is NC(=O)c1ccc(N2CCN(C=C3CCN(C(=O)C4CCN(c5ccc6nnn(C7CCC(=O)NC7=O)c(=O)c6c5)CC4)CC3)CC2)cc1. The summed E-state index contributed by atoms with van der Waals surface area (Å²) < 4.78 is 1.08. The Morgan fingerprint density at radius 1 is 0.796 bits per heavy atom. The number of piperazine rings is 1. The van der Waals surface area contributed by atoms with Gasteiger partial charge in [0.25, 0.3) is 11.5 Å². The van der Waals surface area contributed by atoms with Gasteiger partial charge < -0.3 is 25.3 Å². The molecule has 1 atom stereocenters. The lowest BCUT2D eigenvalue weighted by atomic mass is 9.93. The Morgan fingerprint density at radius 3 is 2.14 bits per heavy atom. The summed E-state index contributed by atoms with van der Waals surface area (Å²) in [6, 6.07) is 12.0. The van der Waals surface area contributed by atoms with Gasteiger partial charge in [-0.05, 0) is 80.8 Å². The van der Waals surface area contributed by atoms with Gasteiger partial charge in [-0.2, -0.15) is 4.68 Å². The molecule has 49 heavy (non-hydrogen) atoms. The van der Waals surface area contributed by atoms with Gasteiger partial charge in [-0.3, -0.25) is 29.3 Å². The summed E-state index contributed by atoms with van der Waals surface area (Å²) in [5.41, 5.74) is 9.26. The van der Waals surface area contributed by atoms with Crippen LogP contribution in [0, 0.1) is 5.92 Å². The average Bonchev–Trinajstić information content (AvgIpc) is 3.12. The van der Waals surface area contributed by atoms with E-state index in [-0.39, 0.29) is 30.6 Å². The van der Waals surface area contributed by atoms with Crippen LogP contribution in [0.5, 0.6) is 0 Å². The predicted octanol–water partition coefficient (Wildman–Crippen LogP) is 1.41. The van der Waals surface area contributed by atoms with E-state index in [1.54, 1.807) is 24.3 Å². The molecule has 4 saturated heterocycles. The lowest BCUT2D eigenvalue weighted by molar-refractivity contribution is -0.137. The molecular formula is C35H41N9O5. The van der Waals surface area contributed by atoms with E-state index in [2.05, 4.69) is 36.5 Å².